The van der Waals surface area contributed by atoms with Crippen molar-refractivity contribution in [2.75, 3.05) is 13.1 Å². The summed E-state index contributed by atoms with van der Waals surface area (Å²) in [7, 11) is 0. The number of aliphatic hydroxyl groups is 1. The van der Waals surface area contributed by atoms with Gasteiger partial charge in [0.2, 0.25) is 0 Å². The molecule has 0 aromatic carbocycles. The molecule has 110 valence electrons. The summed E-state index contributed by atoms with van der Waals surface area (Å²) in [4.78, 5) is 22.2. The maximum absolute atomic E-state index is 10.1. The number of hydrogen-bond acceptors (Lipinski definition) is 5. The van der Waals surface area contributed by atoms with Crippen molar-refractivity contribution in [3.63, 3.8) is 0 Å². The van der Waals surface area contributed by atoms with Crippen molar-refractivity contribution in [1.82, 2.24) is 10.3 Å². The van der Waals surface area contributed by atoms with E-state index in [-0.39, 0.29) is 6.10 Å². The van der Waals surface area contributed by atoms with Crippen LogP contribution in [0.2, 0.25) is 0 Å². The minimum absolute atomic E-state index is 0.342. The van der Waals surface area contributed by atoms with E-state index in [4.69, 9.17) is 19.8 Å². The molecule has 1 fully saturated rings. The van der Waals surface area contributed by atoms with Crippen molar-refractivity contribution in [2.24, 2.45) is 5.92 Å². The maximum Gasteiger partial charge on any atom is 0.414 e. The van der Waals surface area contributed by atoms with Gasteiger partial charge in [-0.1, -0.05) is 6.07 Å². The van der Waals surface area contributed by atoms with Crippen LogP contribution < -0.4 is 5.32 Å². The van der Waals surface area contributed by atoms with Crippen molar-refractivity contribution < 1.29 is 24.9 Å². The zero-order valence-corrected chi connectivity index (χ0v) is 10.9. The lowest BCUT2D eigenvalue weighted by Crippen LogP contribution is -2.30. The molecule has 0 bridgehead atoms. The van der Waals surface area contributed by atoms with Gasteiger partial charge in [-0.15, -0.1) is 0 Å². The lowest BCUT2D eigenvalue weighted by atomic mass is 9.89. The highest BCUT2D eigenvalue weighted by molar-refractivity contribution is 6.27. The molecule has 1 saturated heterocycles. The number of pyridine rings is 1. The third kappa shape index (κ3) is 5.33. The molecule has 7 heteroatoms. The number of rotatable bonds is 2. The summed E-state index contributed by atoms with van der Waals surface area (Å²) in [5, 5.41) is 28.2. The van der Waals surface area contributed by atoms with Crippen LogP contribution >= 0.6 is 0 Å². The fourth-order valence-electron chi connectivity index (χ4n) is 1.98. The summed E-state index contributed by atoms with van der Waals surface area (Å²) in [6, 6.07) is 3.82. The van der Waals surface area contributed by atoms with Crippen LogP contribution in [0.4, 0.5) is 0 Å². The topological polar surface area (TPSA) is 120 Å². The van der Waals surface area contributed by atoms with Crippen LogP contribution in [0.3, 0.4) is 0 Å². The predicted molar refractivity (Wildman–Crippen MR) is 70.1 cm³/mol. The number of piperidine rings is 1. The Bertz CT molecular complexity index is 420. The van der Waals surface area contributed by atoms with Gasteiger partial charge in [0.25, 0.3) is 0 Å². The highest BCUT2D eigenvalue weighted by Gasteiger charge is 2.22. The standard InChI is InChI=1S/C11H16N2O.C2H2O4/c14-11(9-3-6-12-7-4-9)10-2-1-5-13-8-10;3-1(4)2(5)6/h1-2,5,8-9,11-12,14H,3-4,6-7H2;(H,3,4)(H,5,6). The highest BCUT2D eigenvalue weighted by atomic mass is 16.4. The SMILES string of the molecule is O=C(O)C(=O)O.OC(c1cccnc1)C1CCNCC1. The van der Waals surface area contributed by atoms with Crippen molar-refractivity contribution in [3.8, 4) is 0 Å². The number of aliphatic carboxylic acids is 2. The summed E-state index contributed by atoms with van der Waals surface area (Å²) in [6.07, 6.45) is 5.25. The largest absolute Gasteiger partial charge is 0.473 e. The third-order valence-corrected chi connectivity index (χ3v) is 3.04. The molecule has 2 rings (SSSR count). The molecule has 1 atom stereocenters. The lowest BCUT2D eigenvalue weighted by Gasteiger charge is -2.27. The Balaban J connectivity index is 0.000000286. The minimum atomic E-state index is -1.82. The maximum atomic E-state index is 10.1. The normalized spacial score (nSPS) is 16.6. The number of carbonyl (C=O) groups is 2. The first-order chi connectivity index (χ1) is 9.52. The highest BCUT2D eigenvalue weighted by Crippen LogP contribution is 2.27. The van der Waals surface area contributed by atoms with E-state index in [1.54, 1.807) is 12.4 Å². The van der Waals surface area contributed by atoms with Gasteiger partial charge in [-0.25, -0.2) is 9.59 Å². The molecular formula is C13H18N2O5. The predicted octanol–water partition coefficient (Wildman–Crippen LogP) is 0.270. The number of hydrogen-bond donors (Lipinski definition) is 4. The minimum Gasteiger partial charge on any atom is -0.473 e. The van der Waals surface area contributed by atoms with Crippen molar-refractivity contribution in [1.29, 1.82) is 0 Å². The van der Waals surface area contributed by atoms with Crippen molar-refractivity contribution in [2.45, 2.75) is 18.9 Å². The van der Waals surface area contributed by atoms with Crippen LogP contribution in [-0.4, -0.2) is 45.3 Å². The molecule has 1 aromatic heterocycles. The number of nitrogens with zero attached hydrogens (tertiary/aromatic N) is 1. The quantitative estimate of drug-likeness (QED) is 0.575. The van der Waals surface area contributed by atoms with Gasteiger partial charge < -0.3 is 20.6 Å². The molecule has 20 heavy (non-hydrogen) atoms. The molecule has 1 aliphatic rings. The average Bonchev–Trinajstić information content (AvgIpc) is 2.49. The Morgan fingerprint density at radius 1 is 1.25 bits per heavy atom. The average molecular weight is 282 g/mol. The second kappa shape index (κ2) is 8.23. The third-order valence-electron chi connectivity index (χ3n) is 3.04. The molecule has 7 nitrogen and oxygen atoms in total. The first-order valence-electron chi connectivity index (χ1n) is 6.27. The second-order valence-corrected chi connectivity index (χ2v) is 4.43. The zero-order chi connectivity index (χ0) is 15.0. The molecule has 2 heterocycles. The smallest absolute Gasteiger partial charge is 0.414 e. The molecule has 0 radical (unpaired) electrons. The number of nitrogens with one attached hydrogen (secondary N) is 1. The van der Waals surface area contributed by atoms with Gasteiger partial charge in [0.15, 0.2) is 0 Å². The van der Waals surface area contributed by atoms with E-state index in [1.807, 2.05) is 12.1 Å². The fourth-order valence-corrected chi connectivity index (χ4v) is 1.98. The Kier molecular flexibility index (Phi) is 6.61. The summed E-state index contributed by atoms with van der Waals surface area (Å²) in [6.45, 7) is 2.03. The van der Waals surface area contributed by atoms with E-state index in [0.717, 1.165) is 31.5 Å². The summed E-state index contributed by atoms with van der Waals surface area (Å²) < 4.78 is 0. The molecule has 4 N–H and O–H groups in total. The lowest BCUT2D eigenvalue weighted by molar-refractivity contribution is -0.159. The van der Waals surface area contributed by atoms with E-state index in [1.165, 1.54) is 0 Å². The van der Waals surface area contributed by atoms with E-state index < -0.39 is 11.9 Å². The monoisotopic (exact) mass is 282 g/mol. The summed E-state index contributed by atoms with van der Waals surface area (Å²) >= 11 is 0. The Morgan fingerprint density at radius 2 is 1.85 bits per heavy atom. The van der Waals surface area contributed by atoms with Crippen LogP contribution in [0.1, 0.15) is 24.5 Å². The first kappa shape index (κ1) is 16.1. The molecule has 0 aliphatic carbocycles. The molecule has 0 saturated carbocycles. The van der Waals surface area contributed by atoms with Gasteiger partial charge >= 0.3 is 11.9 Å². The molecule has 0 spiro atoms. The van der Waals surface area contributed by atoms with Crippen LogP contribution in [0.15, 0.2) is 24.5 Å². The van der Waals surface area contributed by atoms with E-state index in [0.29, 0.717) is 5.92 Å². The van der Waals surface area contributed by atoms with Gasteiger partial charge in [0.1, 0.15) is 0 Å². The molecular weight excluding hydrogens is 264 g/mol. The Hall–Kier alpha value is -1.99. The van der Waals surface area contributed by atoms with Crippen molar-refractivity contribution in [3.05, 3.63) is 30.1 Å². The Morgan fingerprint density at radius 3 is 2.30 bits per heavy atom. The van der Waals surface area contributed by atoms with E-state index >= 15 is 0 Å². The van der Waals surface area contributed by atoms with Gasteiger partial charge in [-0.05, 0) is 43.5 Å². The number of aromatic nitrogens is 1. The second-order valence-electron chi connectivity index (χ2n) is 4.43. The van der Waals surface area contributed by atoms with Gasteiger partial charge in [0, 0.05) is 12.4 Å². The van der Waals surface area contributed by atoms with Crippen LogP contribution in [0.25, 0.3) is 0 Å². The van der Waals surface area contributed by atoms with E-state index in [2.05, 4.69) is 10.3 Å². The Labute approximate surface area is 116 Å². The first-order valence-corrected chi connectivity index (χ1v) is 6.27. The van der Waals surface area contributed by atoms with Crippen molar-refractivity contribution >= 4 is 11.9 Å². The van der Waals surface area contributed by atoms with Crippen LogP contribution in [0.5, 0.6) is 0 Å². The molecule has 1 aliphatic heterocycles. The number of carboxylic acid groups (broad SMARTS) is 2. The summed E-state index contributed by atoms with van der Waals surface area (Å²) in [5.41, 5.74) is 0.944. The summed E-state index contributed by atoms with van der Waals surface area (Å²) in [5.74, 6) is -3.26. The van der Waals surface area contributed by atoms with E-state index in [9.17, 15) is 5.11 Å². The van der Waals surface area contributed by atoms with Crippen LogP contribution in [0, 0.1) is 5.92 Å². The fraction of sp³-hybridized carbons (Fsp3) is 0.462. The number of carboxylic acids is 2. The molecule has 1 aromatic rings. The molecule has 1 unspecified atom stereocenters. The van der Waals surface area contributed by atoms with Crippen LogP contribution in [-0.2, 0) is 9.59 Å². The van der Waals surface area contributed by atoms with Gasteiger partial charge in [0.05, 0.1) is 6.10 Å². The van der Waals surface area contributed by atoms with Gasteiger partial charge in [-0.2, -0.15) is 0 Å². The van der Waals surface area contributed by atoms with Gasteiger partial charge in [-0.3, -0.25) is 4.98 Å². The number of aliphatic hydroxyl groups excluding tert-OH is 1. The zero-order valence-electron chi connectivity index (χ0n) is 10.9. The molecule has 0 amide bonds.